The summed E-state index contributed by atoms with van der Waals surface area (Å²) in [5, 5.41) is 8.61. The molecule has 2 saturated heterocycles. The largest absolute Gasteiger partial charge is 0.464 e. The second-order valence-electron chi connectivity index (χ2n) is 19.3. The molecule has 8 heterocycles. The first-order valence-corrected chi connectivity index (χ1v) is 23.9. The van der Waals surface area contributed by atoms with E-state index in [4.69, 9.17) is 19.4 Å². The molecule has 3 fully saturated rings. The molecule has 0 spiro atoms. The van der Waals surface area contributed by atoms with Crippen LogP contribution in [0.2, 0.25) is 0 Å². The van der Waals surface area contributed by atoms with Crippen molar-refractivity contribution < 1.29 is 23.9 Å². The van der Waals surface area contributed by atoms with Gasteiger partial charge in [0, 0.05) is 104 Å². The highest BCUT2D eigenvalue weighted by atomic mass is 32.1. The molecular weight excluding hydrogens is 827 g/mol. The Balaban J connectivity index is 1.08. The Morgan fingerprint density at radius 2 is 1.91 bits per heavy atom. The van der Waals surface area contributed by atoms with Crippen molar-refractivity contribution in [2.45, 2.75) is 96.4 Å². The van der Waals surface area contributed by atoms with E-state index in [-0.39, 0.29) is 42.8 Å². The maximum atomic E-state index is 14.4. The number of aryl methyl sites for hydroxylation is 2. The van der Waals surface area contributed by atoms with Crippen LogP contribution >= 0.6 is 11.3 Å². The molecule has 2 amide bonds. The van der Waals surface area contributed by atoms with Gasteiger partial charge in [0.2, 0.25) is 5.91 Å². The zero-order valence-electron chi connectivity index (χ0n) is 37.6. The molecule has 1 aliphatic carbocycles. The third kappa shape index (κ3) is 8.31. The van der Waals surface area contributed by atoms with Crippen LogP contribution in [0.4, 0.5) is 5.69 Å². The lowest BCUT2D eigenvalue weighted by Crippen LogP contribution is -2.60. The van der Waals surface area contributed by atoms with E-state index in [0.29, 0.717) is 32.2 Å². The van der Waals surface area contributed by atoms with Crippen molar-refractivity contribution in [3.8, 4) is 22.5 Å². The number of ether oxygens (including phenoxy) is 2. The molecule has 4 aromatic heterocycles. The van der Waals surface area contributed by atoms with E-state index in [9.17, 15) is 14.4 Å². The fourth-order valence-corrected chi connectivity index (χ4v) is 11.1. The van der Waals surface area contributed by atoms with E-state index >= 15 is 0 Å². The Morgan fingerprint density at radius 1 is 1.06 bits per heavy atom. The molecule has 5 aliphatic rings. The molecule has 1 aromatic carbocycles. The number of hydrogen-bond donors (Lipinski definition) is 2. The topological polar surface area (TPSA) is 147 Å². The third-order valence-electron chi connectivity index (χ3n) is 14.0. The first kappa shape index (κ1) is 42.7. The number of carbonyl (C=O) groups is 3. The van der Waals surface area contributed by atoms with Crippen LogP contribution in [0, 0.1) is 11.3 Å². The van der Waals surface area contributed by atoms with Gasteiger partial charge >= 0.3 is 5.97 Å². The van der Waals surface area contributed by atoms with Gasteiger partial charge in [-0.05, 0) is 94.0 Å². The number of hydrogen-bond acceptors (Lipinski definition) is 12. The molecule has 14 nitrogen and oxygen atoms in total. The lowest BCUT2D eigenvalue weighted by molar-refractivity contribution is -0.155. The maximum Gasteiger partial charge on any atom is 0.324 e. The minimum absolute atomic E-state index is 0.0156. The molecule has 0 radical (unpaired) electrons. The van der Waals surface area contributed by atoms with Crippen LogP contribution in [-0.4, -0.2) is 113 Å². The van der Waals surface area contributed by atoms with Crippen molar-refractivity contribution in [1.82, 2.24) is 40.2 Å². The van der Waals surface area contributed by atoms with Crippen LogP contribution in [0.15, 0.2) is 54.2 Å². The van der Waals surface area contributed by atoms with Crippen molar-refractivity contribution in [2.75, 3.05) is 58.4 Å². The number of esters is 1. The standard InChI is InChI=1S/C49H59N9O5S/c1-29(62-5)43-36(22-32(26-51-43)56-18-16-55(4)17-19-56)45-37-25-49(2,3)28-63-48(61)39-12-9-15-58(54-39)47(60)40(53-46(59)35-23-33(35)38-11-6-7-13-50-38)24-42-52-41(27-64-42)31-20-30-10-8-14-57(45)44(30)34(37)21-31/h6-7,11,13,20-22,26-27,29,33,35,39-40,54H,8-10,12,14-19,23-25,28H2,1-5H3,(H,53,59)/t29-,33-,35-,39-,40-/m0/s1. The van der Waals surface area contributed by atoms with E-state index in [1.165, 1.54) is 33.0 Å². The second kappa shape index (κ2) is 17.3. The molecule has 1 saturated carbocycles. The molecule has 5 atom stereocenters. The number of nitrogens with zero attached hydrogens (tertiary/aromatic N) is 7. The Kier molecular flexibility index (Phi) is 11.5. The van der Waals surface area contributed by atoms with E-state index in [2.05, 4.69) is 81.5 Å². The van der Waals surface area contributed by atoms with Crippen molar-refractivity contribution in [3.05, 3.63) is 81.7 Å². The molecule has 0 unspecified atom stereocenters. The van der Waals surface area contributed by atoms with Gasteiger partial charge in [-0.15, -0.1) is 11.3 Å². The van der Waals surface area contributed by atoms with Gasteiger partial charge in [-0.2, -0.15) is 0 Å². The zero-order valence-corrected chi connectivity index (χ0v) is 38.4. The van der Waals surface area contributed by atoms with Gasteiger partial charge in [-0.3, -0.25) is 29.4 Å². The Bertz CT molecular complexity index is 2580. The molecule has 10 rings (SSSR count). The van der Waals surface area contributed by atoms with Crippen molar-refractivity contribution >= 4 is 45.7 Å². The fraction of sp³-hybridized carbons (Fsp3) is 0.510. The first-order chi connectivity index (χ1) is 30.9. The number of rotatable bonds is 7. The number of amides is 2. The third-order valence-corrected chi connectivity index (χ3v) is 14.8. The number of nitrogens with one attached hydrogen (secondary N) is 2. The highest BCUT2D eigenvalue weighted by Crippen LogP contribution is 2.48. The zero-order chi connectivity index (χ0) is 44.3. The van der Waals surface area contributed by atoms with E-state index < -0.39 is 23.5 Å². The molecule has 6 bridgehead atoms. The van der Waals surface area contributed by atoms with Crippen LogP contribution in [0.1, 0.15) is 86.0 Å². The summed E-state index contributed by atoms with van der Waals surface area (Å²) in [6, 6.07) is 11.1. The number of benzene rings is 1. The Hall–Kier alpha value is -5.22. The average molecular weight is 886 g/mol. The molecule has 5 aromatic rings. The number of likely N-dealkylation sites (N-methyl/N-ethyl adjacent to an activating group) is 1. The number of carbonyl (C=O) groups excluding carboxylic acids is 3. The molecule has 4 aliphatic heterocycles. The number of hydrazine groups is 1. The second-order valence-corrected chi connectivity index (χ2v) is 20.2. The molecule has 64 heavy (non-hydrogen) atoms. The Labute approximate surface area is 378 Å². The molecule has 336 valence electrons. The van der Waals surface area contributed by atoms with E-state index in [1.807, 2.05) is 24.4 Å². The summed E-state index contributed by atoms with van der Waals surface area (Å²) in [6.45, 7) is 11.7. The minimum atomic E-state index is -0.887. The number of anilines is 1. The van der Waals surface area contributed by atoms with Crippen LogP contribution in [-0.2, 0) is 49.7 Å². The first-order valence-electron chi connectivity index (χ1n) is 23.0. The summed E-state index contributed by atoms with van der Waals surface area (Å²) < 4.78 is 14.7. The lowest BCUT2D eigenvalue weighted by Gasteiger charge is -2.35. The number of piperazine rings is 1. The minimum Gasteiger partial charge on any atom is -0.464 e. The van der Waals surface area contributed by atoms with Crippen LogP contribution in [0.25, 0.3) is 33.4 Å². The van der Waals surface area contributed by atoms with Crippen LogP contribution < -0.4 is 15.6 Å². The van der Waals surface area contributed by atoms with Crippen molar-refractivity contribution in [3.63, 3.8) is 0 Å². The molecular formula is C49H59N9O5S. The Morgan fingerprint density at radius 3 is 2.70 bits per heavy atom. The average Bonchev–Trinajstić information content (AvgIpc) is 3.89. The normalized spacial score (nSPS) is 24.3. The molecule has 15 heteroatoms. The summed E-state index contributed by atoms with van der Waals surface area (Å²) in [7, 11) is 3.91. The van der Waals surface area contributed by atoms with Crippen molar-refractivity contribution in [2.24, 2.45) is 11.3 Å². The smallest absolute Gasteiger partial charge is 0.324 e. The van der Waals surface area contributed by atoms with Gasteiger partial charge in [0.15, 0.2) is 0 Å². The molecule has 2 N–H and O–H groups in total. The summed E-state index contributed by atoms with van der Waals surface area (Å²) in [4.78, 5) is 61.9. The number of pyridine rings is 2. The van der Waals surface area contributed by atoms with Crippen LogP contribution in [0.3, 0.4) is 0 Å². The lowest BCUT2D eigenvalue weighted by atomic mass is 9.84. The number of cyclic esters (lactones) is 1. The van der Waals surface area contributed by atoms with Gasteiger partial charge in [-0.1, -0.05) is 19.9 Å². The SMILES string of the molecule is CO[C@@H](C)c1ncc(N2CCN(C)CC2)cc1-c1c2c3cc(cc4c3n1CCC4)-c1csc(n1)C[C@H](NC(=O)[C@H]1C[C@@H]1c1ccccn1)C(=O)N1CCC[C@H](N1)C(=O)OCC(C)(C)C2. The summed E-state index contributed by atoms with van der Waals surface area (Å²) in [5.41, 5.74) is 13.4. The van der Waals surface area contributed by atoms with Gasteiger partial charge in [-0.25, -0.2) is 10.4 Å². The van der Waals surface area contributed by atoms with Gasteiger partial charge in [0.1, 0.15) is 12.1 Å². The number of methoxy groups -OCH3 is 1. The predicted molar refractivity (Wildman–Crippen MR) is 247 cm³/mol. The van der Waals surface area contributed by atoms with Crippen molar-refractivity contribution in [1.29, 1.82) is 0 Å². The fourth-order valence-electron chi connectivity index (χ4n) is 10.2. The summed E-state index contributed by atoms with van der Waals surface area (Å²) >= 11 is 1.50. The monoisotopic (exact) mass is 885 g/mol. The van der Waals surface area contributed by atoms with Gasteiger partial charge in [0.25, 0.3) is 5.91 Å². The highest BCUT2D eigenvalue weighted by Gasteiger charge is 2.46. The van der Waals surface area contributed by atoms with E-state index in [0.717, 1.165) is 95.5 Å². The predicted octanol–water partition coefficient (Wildman–Crippen LogP) is 6.08. The van der Waals surface area contributed by atoms with E-state index in [1.54, 1.807) is 13.3 Å². The number of aromatic nitrogens is 4. The van der Waals surface area contributed by atoms with Gasteiger partial charge in [0.05, 0.1) is 52.2 Å². The highest BCUT2D eigenvalue weighted by molar-refractivity contribution is 7.10. The van der Waals surface area contributed by atoms with Crippen LogP contribution in [0.5, 0.6) is 0 Å². The summed E-state index contributed by atoms with van der Waals surface area (Å²) in [5.74, 6) is -1.11. The maximum absolute atomic E-state index is 14.4. The summed E-state index contributed by atoms with van der Waals surface area (Å²) in [6.07, 6.45) is 8.10. The van der Waals surface area contributed by atoms with Gasteiger partial charge < -0.3 is 29.2 Å². The quantitative estimate of drug-likeness (QED) is 0.184. The number of thiazole rings is 1. The number of fused-ring (bicyclic) bond motifs is 6.